The molecule has 4 nitrogen and oxygen atoms in total. The summed E-state index contributed by atoms with van der Waals surface area (Å²) in [7, 11) is 4.13. The van der Waals surface area contributed by atoms with Gasteiger partial charge in [-0.15, -0.1) is 0 Å². The van der Waals surface area contributed by atoms with E-state index in [1.165, 1.54) is 16.8 Å². The molecule has 0 spiro atoms. The Bertz CT molecular complexity index is 637. The molecule has 1 aliphatic rings. The third-order valence-electron chi connectivity index (χ3n) is 4.14. The van der Waals surface area contributed by atoms with E-state index in [0.717, 1.165) is 12.2 Å². The van der Waals surface area contributed by atoms with Gasteiger partial charge in [-0.3, -0.25) is 0 Å². The number of phenolic OH excluding ortho intramolecular Hbond substituents is 1. The van der Waals surface area contributed by atoms with Crippen LogP contribution in [0.2, 0.25) is 0 Å². The molecule has 2 aromatic carbocycles. The maximum atomic E-state index is 9.46. The van der Waals surface area contributed by atoms with Gasteiger partial charge in [-0.2, -0.15) is 0 Å². The second-order valence-electron chi connectivity index (χ2n) is 5.64. The van der Waals surface area contributed by atoms with E-state index < -0.39 is 0 Å². The van der Waals surface area contributed by atoms with Crippen molar-refractivity contribution in [2.75, 3.05) is 30.4 Å². The van der Waals surface area contributed by atoms with Gasteiger partial charge in [0.15, 0.2) is 0 Å². The third-order valence-corrected chi connectivity index (χ3v) is 4.14. The van der Waals surface area contributed by atoms with Crippen molar-refractivity contribution in [3.63, 3.8) is 0 Å². The van der Waals surface area contributed by atoms with Crippen molar-refractivity contribution in [2.45, 2.75) is 12.6 Å². The monoisotopic (exact) mass is 283 g/mol. The number of hydrogen-bond donors (Lipinski definition) is 2. The number of anilines is 2. The van der Waals surface area contributed by atoms with E-state index in [9.17, 15) is 5.11 Å². The second kappa shape index (κ2) is 5.30. The van der Waals surface area contributed by atoms with Crippen LogP contribution >= 0.6 is 0 Å². The van der Waals surface area contributed by atoms with Crippen molar-refractivity contribution in [3.8, 4) is 5.75 Å². The Labute approximate surface area is 125 Å². The highest BCUT2D eigenvalue weighted by molar-refractivity contribution is 5.64. The van der Waals surface area contributed by atoms with E-state index in [4.69, 9.17) is 5.73 Å². The van der Waals surface area contributed by atoms with Crippen LogP contribution in [-0.4, -0.2) is 25.7 Å². The lowest BCUT2D eigenvalue weighted by Gasteiger charge is -2.26. The van der Waals surface area contributed by atoms with Crippen LogP contribution in [0.25, 0.3) is 0 Å². The highest BCUT2D eigenvalue weighted by Gasteiger charge is 2.31. The van der Waals surface area contributed by atoms with E-state index in [-0.39, 0.29) is 11.8 Å². The molecule has 3 rings (SSSR count). The molecule has 0 saturated carbocycles. The summed E-state index contributed by atoms with van der Waals surface area (Å²) in [4.78, 5) is 4.45. The molecule has 0 aromatic heterocycles. The van der Waals surface area contributed by atoms with Gasteiger partial charge in [-0.05, 0) is 35.9 Å². The number of fused-ring (bicyclic) bond motifs is 1. The Morgan fingerprint density at radius 2 is 1.90 bits per heavy atom. The van der Waals surface area contributed by atoms with Crippen molar-refractivity contribution >= 4 is 11.4 Å². The van der Waals surface area contributed by atoms with Crippen LogP contribution < -0.4 is 15.5 Å². The average Bonchev–Trinajstić information content (AvgIpc) is 2.86. The molecule has 0 bridgehead atoms. The van der Waals surface area contributed by atoms with E-state index in [1.54, 1.807) is 12.1 Å². The Balaban J connectivity index is 2.03. The number of nitrogens with zero attached hydrogens (tertiary/aromatic N) is 2. The summed E-state index contributed by atoms with van der Waals surface area (Å²) in [5.74, 6) is 0.286. The molecular formula is C17H21N3O. The average molecular weight is 283 g/mol. The SMILES string of the molecule is CN(C)c1cccc2c1CN(c1ccc(O)cc1)C2CN. The lowest BCUT2D eigenvalue weighted by atomic mass is 10.0. The Morgan fingerprint density at radius 1 is 1.19 bits per heavy atom. The van der Waals surface area contributed by atoms with Gasteiger partial charge in [0.1, 0.15) is 5.75 Å². The number of hydrogen-bond acceptors (Lipinski definition) is 4. The van der Waals surface area contributed by atoms with Crippen LogP contribution in [-0.2, 0) is 6.54 Å². The first-order valence-electron chi connectivity index (χ1n) is 7.16. The van der Waals surface area contributed by atoms with Gasteiger partial charge >= 0.3 is 0 Å². The fourth-order valence-corrected chi connectivity index (χ4v) is 3.11. The van der Waals surface area contributed by atoms with Crippen LogP contribution in [0.15, 0.2) is 42.5 Å². The number of rotatable bonds is 3. The summed E-state index contributed by atoms with van der Waals surface area (Å²) in [6.07, 6.45) is 0. The standard InChI is InChI=1S/C17H21N3O/c1-19(2)16-5-3-4-14-15(16)11-20(17(14)10-18)12-6-8-13(21)9-7-12/h3-9,17,21H,10-11,18H2,1-2H3. The van der Waals surface area contributed by atoms with E-state index in [1.807, 2.05) is 12.1 Å². The molecule has 21 heavy (non-hydrogen) atoms. The second-order valence-corrected chi connectivity index (χ2v) is 5.64. The van der Waals surface area contributed by atoms with Crippen LogP contribution in [0.4, 0.5) is 11.4 Å². The topological polar surface area (TPSA) is 52.7 Å². The van der Waals surface area contributed by atoms with Crippen LogP contribution in [0.1, 0.15) is 17.2 Å². The zero-order valence-corrected chi connectivity index (χ0v) is 12.5. The lowest BCUT2D eigenvalue weighted by molar-refractivity contribution is 0.475. The normalized spacial score (nSPS) is 16.9. The quantitative estimate of drug-likeness (QED) is 0.908. The van der Waals surface area contributed by atoms with Crippen LogP contribution in [0.3, 0.4) is 0 Å². The highest BCUT2D eigenvalue weighted by Crippen LogP contribution is 2.40. The first-order valence-corrected chi connectivity index (χ1v) is 7.16. The van der Waals surface area contributed by atoms with Gasteiger partial charge in [0.05, 0.1) is 6.04 Å². The number of aromatic hydroxyl groups is 1. The summed E-state index contributed by atoms with van der Waals surface area (Å²) in [5, 5.41) is 9.46. The van der Waals surface area contributed by atoms with Gasteiger partial charge < -0.3 is 20.6 Å². The van der Waals surface area contributed by atoms with E-state index in [2.05, 4.69) is 42.1 Å². The zero-order valence-electron chi connectivity index (χ0n) is 12.5. The fourth-order valence-electron chi connectivity index (χ4n) is 3.11. The van der Waals surface area contributed by atoms with E-state index >= 15 is 0 Å². The Hall–Kier alpha value is -2.20. The minimum atomic E-state index is 0.185. The first kappa shape index (κ1) is 13.8. The van der Waals surface area contributed by atoms with Crippen molar-refractivity contribution in [1.82, 2.24) is 0 Å². The molecule has 1 aliphatic heterocycles. The lowest BCUT2D eigenvalue weighted by Crippen LogP contribution is -2.27. The van der Waals surface area contributed by atoms with Crippen molar-refractivity contribution in [2.24, 2.45) is 5.73 Å². The van der Waals surface area contributed by atoms with Crippen molar-refractivity contribution in [1.29, 1.82) is 0 Å². The minimum absolute atomic E-state index is 0.185. The maximum absolute atomic E-state index is 9.46. The molecule has 4 heteroatoms. The van der Waals surface area contributed by atoms with Gasteiger partial charge in [0.25, 0.3) is 0 Å². The molecule has 0 radical (unpaired) electrons. The van der Waals surface area contributed by atoms with Gasteiger partial charge in [-0.1, -0.05) is 12.1 Å². The molecule has 1 atom stereocenters. The Morgan fingerprint density at radius 3 is 2.52 bits per heavy atom. The summed E-state index contributed by atoms with van der Waals surface area (Å²) in [5.41, 5.74) is 11.0. The molecule has 0 amide bonds. The predicted octanol–water partition coefficient (Wildman–Crippen LogP) is 2.48. The molecule has 3 N–H and O–H groups in total. The van der Waals surface area contributed by atoms with Crippen molar-refractivity contribution < 1.29 is 5.11 Å². The van der Waals surface area contributed by atoms with Crippen LogP contribution in [0.5, 0.6) is 5.75 Å². The number of benzene rings is 2. The zero-order chi connectivity index (χ0) is 15.0. The molecular weight excluding hydrogens is 262 g/mol. The number of phenols is 1. The van der Waals surface area contributed by atoms with Gasteiger partial charge in [0, 0.05) is 44.1 Å². The van der Waals surface area contributed by atoms with E-state index in [0.29, 0.717) is 6.54 Å². The molecule has 1 heterocycles. The minimum Gasteiger partial charge on any atom is -0.508 e. The molecule has 110 valence electrons. The summed E-state index contributed by atoms with van der Waals surface area (Å²) in [6.45, 7) is 1.42. The molecule has 2 aromatic rings. The predicted molar refractivity (Wildman–Crippen MR) is 86.9 cm³/mol. The van der Waals surface area contributed by atoms with Gasteiger partial charge in [0.2, 0.25) is 0 Å². The largest absolute Gasteiger partial charge is 0.508 e. The highest BCUT2D eigenvalue weighted by atomic mass is 16.3. The maximum Gasteiger partial charge on any atom is 0.115 e. The number of nitrogens with two attached hydrogens (primary N) is 1. The third kappa shape index (κ3) is 2.32. The molecule has 0 fully saturated rings. The smallest absolute Gasteiger partial charge is 0.115 e. The fraction of sp³-hybridized carbons (Fsp3) is 0.294. The first-order chi connectivity index (χ1) is 10.1. The summed E-state index contributed by atoms with van der Waals surface area (Å²) >= 11 is 0. The van der Waals surface area contributed by atoms with Crippen molar-refractivity contribution in [3.05, 3.63) is 53.6 Å². The molecule has 0 aliphatic carbocycles. The Kier molecular flexibility index (Phi) is 3.47. The van der Waals surface area contributed by atoms with Crippen LogP contribution in [0, 0.1) is 0 Å². The summed E-state index contributed by atoms with van der Waals surface area (Å²) < 4.78 is 0. The summed E-state index contributed by atoms with van der Waals surface area (Å²) in [6, 6.07) is 13.9. The molecule has 0 saturated heterocycles. The van der Waals surface area contributed by atoms with Gasteiger partial charge in [-0.25, -0.2) is 0 Å². The molecule has 1 unspecified atom stereocenters.